The Morgan fingerprint density at radius 3 is 2.48 bits per heavy atom. The smallest absolute Gasteiger partial charge is 0.274 e. The summed E-state index contributed by atoms with van der Waals surface area (Å²) >= 11 is 0. The quantitative estimate of drug-likeness (QED) is 0.672. The number of rotatable bonds is 6. The van der Waals surface area contributed by atoms with Crippen molar-refractivity contribution in [2.24, 2.45) is 7.05 Å². The van der Waals surface area contributed by atoms with Crippen molar-refractivity contribution >= 4 is 5.91 Å². The van der Waals surface area contributed by atoms with Crippen LogP contribution in [0, 0.1) is 0 Å². The Morgan fingerprint density at radius 2 is 1.81 bits per heavy atom. The molecule has 0 bridgehead atoms. The number of aromatic nitrogens is 2. The molecule has 1 aromatic heterocycles. The third-order valence-electron chi connectivity index (χ3n) is 4.39. The molecule has 3 aromatic rings. The van der Waals surface area contributed by atoms with Crippen molar-refractivity contribution in [1.29, 1.82) is 0 Å². The first-order valence-electron chi connectivity index (χ1n) is 8.59. The Morgan fingerprint density at radius 1 is 1.07 bits per heavy atom. The molecule has 6 heteroatoms. The molecule has 0 aliphatic heterocycles. The van der Waals surface area contributed by atoms with Gasteiger partial charge in [0.15, 0.2) is 5.69 Å². The monoisotopic (exact) mass is 365 g/mol. The van der Waals surface area contributed by atoms with Gasteiger partial charge in [-0.15, -0.1) is 0 Å². The number of aryl methyl sites for hydroxylation is 1. The molecule has 1 heterocycles. The average Bonchev–Trinajstić information content (AvgIpc) is 3.09. The topological polar surface area (TPSA) is 56.6 Å². The molecule has 0 aliphatic carbocycles. The minimum absolute atomic E-state index is 0.137. The largest absolute Gasteiger partial charge is 0.497 e. The number of carbonyl (C=O) groups excluding carboxylic acids is 1. The normalized spacial score (nSPS) is 10.5. The summed E-state index contributed by atoms with van der Waals surface area (Å²) in [7, 11) is 6.81. The lowest BCUT2D eigenvalue weighted by Crippen LogP contribution is -2.26. The molecule has 27 heavy (non-hydrogen) atoms. The summed E-state index contributed by atoms with van der Waals surface area (Å²) in [5.74, 6) is 1.26. The molecular weight excluding hydrogens is 342 g/mol. The van der Waals surface area contributed by atoms with Crippen LogP contribution in [0.4, 0.5) is 0 Å². The minimum atomic E-state index is -0.137. The van der Waals surface area contributed by atoms with Gasteiger partial charge in [0, 0.05) is 26.2 Å². The van der Waals surface area contributed by atoms with E-state index in [2.05, 4.69) is 5.10 Å². The summed E-state index contributed by atoms with van der Waals surface area (Å²) in [5.41, 5.74) is 3.05. The Labute approximate surface area is 158 Å². The van der Waals surface area contributed by atoms with E-state index in [9.17, 15) is 4.79 Å². The highest BCUT2D eigenvalue weighted by Crippen LogP contribution is 2.33. The molecule has 0 N–H and O–H groups in total. The van der Waals surface area contributed by atoms with Gasteiger partial charge in [-0.2, -0.15) is 5.10 Å². The van der Waals surface area contributed by atoms with Crippen molar-refractivity contribution < 1.29 is 14.3 Å². The summed E-state index contributed by atoms with van der Waals surface area (Å²) in [4.78, 5) is 14.5. The number of hydrogen-bond donors (Lipinski definition) is 0. The number of hydrogen-bond acceptors (Lipinski definition) is 4. The van der Waals surface area contributed by atoms with Crippen molar-refractivity contribution in [3.63, 3.8) is 0 Å². The van der Waals surface area contributed by atoms with Gasteiger partial charge in [0.25, 0.3) is 5.91 Å². The number of nitrogens with zero attached hydrogens (tertiary/aromatic N) is 3. The molecule has 140 valence electrons. The van der Waals surface area contributed by atoms with Crippen LogP contribution < -0.4 is 9.47 Å². The highest BCUT2D eigenvalue weighted by molar-refractivity contribution is 5.93. The van der Waals surface area contributed by atoms with Crippen molar-refractivity contribution in [3.8, 4) is 22.8 Å². The van der Waals surface area contributed by atoms with E-state index in [0.29, 0.717) is 23.7 Å². The molecule has 0 aliphatic rings. The van der Waals surface area contributed by atoms with Crippen LogP contribution in [0.15, 0.2) is 54.6 Å². The van der Waals surface area contributed by atoms with Gasteiger partial charge in [-0.1, -0.05) is 30.3 Å². The maximum atomic E-state index is 12.8. The zero-order valence-corrected chi connectivity index (χ0v) is 16.0. The molecule has 6 nitrogen and oxygen atoms in total. The van der Waals surface area contributed by atoms with Gasteiger partial charge >= 0.3 is 0 Å². The predicted octanol–water partition coefficient (Wildman–Crippen LogP) is 3.38. The minimum Gasteiger partial charge on any atom is -0.497 e. The van der Waals surface area contributed by atoms with E-state index in [1.165, 1.54) is 0 Å². The Balaban J connectivity index is 1.89. The van der Waals surface area contributed by atoms with E-state index in [1.807, 2.05) is 55.6 Å². The number of methoxy groups -OCH3 is 2. The van der Waals surface area contributed by atoms with Crippen molar-refractivity contribution in [2.75, 3.05) is 21.3 Å². The second-order valence-electron chi connectivity index (χ2n) is 6.25. The maximum absolute atomic E-state index is 12.8. The lowest BCUT2D eigenvalue weighted by molar-refractivity contribution is 0.0778. The van der Waals surface area contributed by atoms with Gasteiger partial charge in [-0.25, -0.2) is 0 Å². The molecule has 0 unspecified atom stereocenters. The second kappa shape index (κ2) is 7.95. The van der Waals surface area contributed by atoms with E-state index in [0.717, 1.165) is 16.8 Å². The standard InChI is InChI=1S/C21H23N3O3/c1-23(14-15-8-6-5-7-9-15)21(25)18-13-19(24(2)22-18)17-12-16(26-3)10-11-20(17)27-4/h5-13H,14H2,1-4H3. The van der Waals surface area contributed by atoms with Crippen LogP contribution in [0.25, 0.3) is 11.3 Å². The van der Waals surface area contributed by atoms with Crippen LogP contribution in [0.2, 0.25) is 0 Å². The fraction of sp³-hybridized carbons (Fsp3) is 0.238. The van der Waals surface area contributed by atoms with Gasteiger partial charge in [0.1, 0.15) is 11.5 Å². The number of ether oxygens (including phenoxy) is 2. The first kappa shape index (κ1) is 18.5. The van der Waals surface area contributed by atoms with Gasteiger partial charge in [0.05, 0.1) is 19.9 Å². The van der Waals surface area contributed by atoms with E-state index in [4.69, 9.17) is 9.47 Å². The van der Waals surface area contributed by atoms with Crippen molar-refractivity contribution in [1.82, 2.24) is 14.7 Å². The Kier molecular flexibility index (Phi) is 5.45. The molecule has 0 radical (unpaired) electrons. The van der Waals surface area contributed by atoms with Gasteiger partial charge in [0.2, 0.25) is 0 Å². The summed E-state index contributed by atoms with van der Waals surface area (Å²) < 4.78 is 12.5. The first-order chi connectivity index (χ1) is 13.0. The molecule has 0 saturated heterocycles. The second-order valence-corrected chi connectivity index (χ2v) is 6.25. The Hall–Kier alpha value is -3.28. The Bertz CT molecular complexity index is 935. The van der Waals surface area contributed by atoms with Gasteiger partial charge in [-0.05, 0) is 29.8 Å². The highest BCUT2D eigenvalue weighted by atomic mass is 16.5. The average molecular weight is 365 g/mol. The van der Waals surface area contributed by atoms with Crippen LogP contribution in [0.1, 0.15) is 16.1 Å². The summed E-state index contributed by atoms with van der Waals surface area (Å²) in [5, 5.41) is 4.41. The summed E-state index contributed by atoms with van der Waals surface area (Å²) in [6.07, 6.45) is 0. The molecule has 0 saturated carbocycles. The van der Waals surface area contributed by atoms with Crippen LogP contribution in [-0.4, -0.2) is 41.9 Å². The van der Waals surface area contributed by atoms with E-state index in [1.54, 1.807) is 36.9 Å². The molecule has 0 spiro atoms. The highest BCUT2D eigenvalue weighted by Gasteiger charge is 2.20. The lowest BCUT2D eigenvalue weighted by Gasteiger charge is -2.15. The zero-order valence-electron chi connectivity index (χ0n) is 16.0. The third kappa shape index (κ3) is 3.95. The van der Waals surface area contributed by atoms with Gasteiger partial charge in [-0.3, -0.25) is 9.48 Å². The SMILES string of the molecule is COc1ccc(OC)c(-c2cc(C(=O)N(C)Cc3ccccc3)nn2C)c1. The van der Waals surface area contributed by atoms with E-state index < -0.39 is 0 Å². The van der Waals surface area contributed by atoms with Crippen LogP contribution in [0.3, 0.4) is 0 Å². The molecular formula is C21H23N3O3. The van der Waals surface area contributed by atoms with Crippen molar-refractivity contribution in [3.05, 3.63) is 65.9 Å². The first-order valence-corrected chi connectivity index (χ1v) is 8.59. The fourth-order valence-electron chi connectivity index (χ4n) is 2.96. The van der Waals surface area contributed by atoms with Gasteiger partial charge < -0.3 is 14.4 Å². The summed E-state index contributed by atoms with van der Waals surface area (Å²) in [6.45, 7) is 0.522. The number of benzene rings is 2. The number of carbonyl (C=O) groups is 1. The summed E-state index contributed by atoms with van der Waals surface area (Å²) in [6, 6.07) is 17.2. The molecule has 2 aromatic carbocycles. The molecule has 0 atom stereocenters. The molecule has 1 amide bonds. The zero-order chi connectivity index (χ0) is 19.4. The fourth-order valence-corrected chi connectivity index (χ4v) is 2.96. The maximum Gasteiger partial charge on any atom is 0.274 e. The van der Waals surface area contributed by atoms with Crippen molar-refractivity contribution in [2.45, 2.75) is 6.54 Å². The van der Waals surface area contributed by atoms with E-state index >= 15 is 0 Å². The van der Waals surface area contributed by atoms with Crippen LogP contribution in [0.5, 0.6) is 11.5 Å². The third-order valence-corrected chi connectivity index (χ3v) is 4.39. The van der Waals surface area contributed by atoms with Crippen LogP contribution in [-0.2, 0) is 13.6 Å². The predicted molar refractivity (Wildman–Crippen MR) is 104 cm³/mol. The molecule has 0 fully saturated rings. The lowest BCUT2D eigenvalue weighted by atomic mass is 10.1. The van der Waals surface area contributed by atoms with E-state index in [-0.39, 0.29) is 5.91 Å². The molecule has 3 rings (SSSR count). The van der Waals surface area contributed by atoms with Crippen LogP contribution >= 0.6 is 0 Å². The number of amides is 1.